The van der Waals surface area contributed by atoms with E-state index >= 15 is 0 Å². The predicted molar refractivity (Wildman–Crippen MR) is 146 cm³/mol. The Kier molecular flexibility index (Phi) is 7.52. The number of para-hydroxylation sites is 1. The number of nitrogens with zero attached hydrogens (tertiary/aromatic N) is 1. The van der Waals surface area contributed by atoms with Crippen LogP contribution in [0.3, 0.4) is 0 Å². The first-order chi connectivity index (χ1) is 18.5. The summed E-state index contributed by atoms with van der Waals surface area (Å²) in [5, 5.41) is 0.514. The highest BCUT2D eigenvalue weighted by Crippen LogP contribution is 2.34. The standard InChI is InChI=1S/C31H24ClNO5/c32-24-12-10-22(11-13-24)28(34)20-37-31(36)23-18-30(35)33(19-23)25-14-16-26(17-15-25)38-29-9-5-4-8-27(29)21-6-2-1-3-7-21/h1-17,23H,18-20H2/t23-/m1/s1. The molecule has 5 rings (SSSR count). The van der Waals surface area contributed by atoms with Crippen molar-refractivity contribution in [3.8, 4) is 22.6 Å². The van der Waals surface area contributed by atoms with Gasteiger partial charge in [-0.1, -0.05) is 60.1 Å². The van der Waals surface area contributed by atoms with E-state index in [4.69, 9.17) is 21.1 Å². The van der Waals surface area contributed by atoms with Crippen LogP contribution in [-0.2, 0) is 14.3 Å². The fourth-order valence-corrected chi connectivity index (χ4v) is 4.45. The molecule has 6 nitrogen and oxygen atoms in total. The van der Waals surface area contributed by atoms with Crippen molar-refractivity contribution >= 4 is 34.9 Å². The van der Waals surface area contributed by atoms with E-state index in [1.807, 2.05) is 54.6 Å². The minimum atomic E-state index is -0.644. The number of anilines is 1. The number of rotatable bonds is 8. The van der Waals surface area contributed by atoms with E-state index < -0.39 is 11.9 Å². The normalized spacial score (nSPS) is 14.8. The van der Waals surface area contributed by atoms with Crippen molar-refractivity contribution in [2.24, 2.45) is 5.92 Å². The summed E-state index contributed by atoms with van der Waals surface area (Å²) in [6.45, 7) is -0.203. The second-order valence-corrected chi connectivity index (χ2v) is 9.34. The third-order valence-corrected chi connectivity index (χ3v) is 6.57. The quantitative estimate of drug-likeness (QED) is 0.192. The Balaban J connectivity index is 1.20. The number of hydrogen-bond acceptors (Lipinski definition) is 5. The average Bonchev–Trinajstić information content (AvgIpc) is 3.34. The van der Waals surface area contributed by atoms with Gasteiger partial charge in [-0.25, -0.2) is 0 Å². The molecule has 190 valence electrons. The maximum atomic E-state index is 12.7. The molecule has 0 unspecified atom stereocenters. The lowest BCUT2D eigenvalue weighted by Gasteiger charge is -2.17. The molecule has 0 bridgehead atoms. The van der Waals surface area contributed by atoms with Gasteiger partial charge in [0.2, 0.25) is 5.91 Å². The van der Waals surface area contributed by atoms with Gasteiger partial charge >= 0.3 is 5.97 Å². The van der Waals surface area contributed by atoms with E-state index in [1.165, 1.54) is 0 Å². The van der Waals surface area contributed by atoms with Gasteiger partial charge in [-0.15, -0.1) is 0 Å². The Bertz CT molecular complexity index is 1450. The first kappa shape index (κ1) is 25.2. The van der Waals surface area contributed by atoms with E-state index in [0.717, 1.165) is 16.9 Å². The molecule has 4 aromatic rings. The highest BCUT2D eigenvalue weighted by molar-refractivity contribution is 6.30. The van der Waals surface area contributed by atoms with Gasteiger partial charge in [0.05, 0.1) is 5.92 Å². The second-order valence-electron chi connectivity index (χ2n) is 8.90. The van der Waals surface area contributed by atoms with Gasteiger partial charge < -0.3 is 14.4 Å². The number of halogens is 1. The monoisotopic (exact) mass is 525 g/mol. The Labute approximate surface area is 225 Å². The van der Waals surface area contributed by atoms with Crippen LogP contribution in [0.5, 0.6) is 11.5 Å². The fourth-order valence-electron chi connectivity index (χ4n) is 4.32. The first-order valence-electron chi connectivity index (χ1n) is 12.2. The van der Waals surface area contributed by atoms with Crippen LogP contribution in [0.1, 0.15) is 16.8 Å². The third kappa shape index (κ3) is 5.76. The lowest BCUT2D eigenvalue weighted by Crippen LogP contribution is -2.27. The van der Waals surface area contributed by atoms with Crippen LogP contribution >= 0.6 is 11.6 Å². The molecule has 1 fully saturated rings. The summed E-state index contributed by atoms with van der Waals surface area (Å²) in [5.41, 5.74) is 3.09. The molecule has 1 heterocycles. The van der Waals surface area contributed by atoms with Crippen LogP contribution in [-0.4, -0.2) is 30.8 Å². The molecule has 0 N–H and O–H groups in total. The maximum Gasteiger partial charge on any atom is 0.311 e. The van der Waals surface area contributed by atoms with Crippen LogP contribution in [0.25, 0.3) is 11.1 Å². The zero-order chi connectivity index (χ0) is 26.5. The minimum Gasteiger partial charge on any atom is -0.457 e. The third-order valence-electron chi connectivity index (χ3n) is 6.32. The summed E-state index contributed by atoms with van der Waals surface area (Å²) in [4.78, 5) is 39.1. The van der Waals surface area contributed by atoms with E-state index in [9.17, 15) is 14.4 Å². The highest BCUT2D eigenvalue weighted by Gasteiger charge is 2.36. The van der Waals surface area contributed by atoms with Gasteiger partial charge in [0, 0.05) is 34.8 Å². The van der Waals surface area contributed by atoms with Crippen LogP contribution in [0.4, 0.5) is 5.69 Å². The zero-order valence-electron chi connectivity index (χ0n) is 20.4. The molecule has 1 aliphatic heterocycles. The molecule has 0 aromatic heterocycles. The van der Waals surface area contributed by atoms with Crippen molar-refractivity contribution < 1.29 is 23.9 Å². The predicted octanol–water partition coefficient (Wildman–Crippen LogP) is 6.58. The van der Waals surface area contributed by atoms with Gasteiger partial charge in [-0.3, -0.25) is 14.4 Å². The van der Waals surface area contributed by atoms with E-state index in [0.29, 0.717) is 22.0 Å². The van der Waals surface area contributed by atoms with Crippen molar-refractivity contribution in [3.05, 3.63) is 114 Å². The first-order valence-corrected chi connectivity index (χ1v) is 12.5. The van der Waals surface area contributed by atoms with Gasteiger partial charge in [0.1, 0.15) is 11.5 Å². The summed E-state index contributed by atoms with van der Waals surface area (Å²) in [5.74, 6) is -0.380. The number of esters is 1. The summed E-state index contributed by atoms with van der Waals surface area (Å²) < 4.78 is 11.4. The van der Waals surface area contributed by atoms with Crippen LogP contribution in [0, 0.1) is 5.92 Å². The number of carbonyl (C=O) groups is 3. The number of Topliss-reactive ketones (excluding diaryl/α,β-unsaturated/α-hetero) is 1. The van der Waals surface area contributed by atoms with Crippen LogP contribution in [0.15, 0.2) is 103 Å². The number of amides is 1. The van der Waals surface area contributed by atoms with Gasteiger partial charge in [0.15, 0.2) is 12.4 Å². The molecule has 0 aliphatic carbocycles. The van der Waals surface area contributed by atoms with Crippen molar-refractivity contribution in [3.63, 3.8) is 0 Å². The molecular weight excluding hydrogens is 502 g/mol. The summed E-state index contributed by atoms with van der Waals surface area (Å²) >= 11 is 5.84. The Hall–Kier alpha value is -4.42. The fraction of sp³-hybridized carbons (Fsp3) is 0.129. The average molecular weight is 526 g/mol. The van der Waals surface area contributed by atoms with Gasteiger partial charge in [0.25, 0.3) is 0 Å². The SMILES string of the molecule is O=C(COC(=O)[C@@H]1CC(=O)N(c2ccc(Oc3ccccc3-c3ccccc3)cc2)C1)c1ccc(Cl)cc1. The molecule has 0 spiro atoms. The van der Waals surface area contributed by atoms with Crippen LogP contribution in [0.2, 0.25) is 5.02 Å². The molecule has 1 aliphatic rings. The molecule has 0 saturated carbocycles. The Morgan fingerprint density at radius 3 is 2.26 bits per heavy atom. The van der Waals surface area contributed by atoms with Gasteiger partial charge in [-0.2, -0.15) is 0 Å². The molecular formula is C31H24ClNO5. The Morgan fingerprint density at radius 1 is 0.842 bits per heavy atom. The molecule has 0 radical (unpaired) electrons. The second kappa shape index (κ2) is 11.3. The molecule has 1 saturated heterocycles. The number of carbonyl (C=O) groups excluding carboxylic acids is 3. The van der Waals surface area contributed by atoms with Crippen molar-refractivity contribution in [2.45, 2.75) is 6.42 Å². The van der Waals surface area contributed by atoms with Gasteiger partial charge in [-0.05, 0) is 60.2 Å². The minimum absolute atomic E-state index is 0.0245. The summed E-state index contributed by atoms with van der Waals surface area (Å²) in [6, 6.07) is 31.3. The van der Waals surface area contributed by atoms with Crippen molar-refractivity contribution in [2.75, 3.05) is 18.1 Å². The molecule has 1 atom stereocenters. The highest BCUT2D eigenvalue weighted by atomic mass is 35.5. The Morgan fingerprint density at radius 2 is 1.53 bits per heavy atom. The number of ether oxygens (including phenoxy) is 2. The van der Waals surface area contributed by atoms with E-state index in [1.54, 1.807) is 53.4 Å². The van der Waals surface area contributed by atoms with Crippen LogP contribution < -0.4 is 9.64 Å². The lowest BCUT2D eigenvalue weighted by atomic mass is 10.0. The lowest BCUT2D eigenvalue weighted by molar-refractivity contribution is -0.147. The summed E-state index contributed by atoms with van der Waals surface area (Å²) in [7, 11) is 0. The van der Waals surface area contributed by atoms with E-state index in [2.05, 4.69) is 0 Å². The number of ketones is 1. The summed E-state index contributed by atoms with van der Waals surface area (Å²) in [6.07, 6.45) is 0.0245. The smallest absolute Gasteiger partial charge is 0.311 e. The zero-order valence-corrected chi connectivity index (χ0v) is 21.1. The maximum absolute atomic E-state index is 12.7. The van der Waals surface area contributed by atoms with Crippen molar-refractivity contribution in [1.82, 2.24) is 0 Å². The molecule has 7 heteroatoms. The topological polar surface area (TPSA) is 72.9 Å². The number of hydrogen-bond donors (Lipinski definition) is 0. The molecule has 4 aromatic carbocycles. The largest absolute Gasteiger partial charge is 0.457 e. The number of benzene rings is 4. The van der Waals surface area contributed by atoms with E-state index in [-0.39, 0.29) is 31.3 Å². The van der Waals surface area contributed by atoms with Crippen molar-refractivity contribution in [1.29, 1.82) is 0 Å². The molecule has 38 heavy (non-hydrogen) atoms. The molecule has 1 amide bonds.